The number of fused-ring (bicyclic) bond motifs is 1. The molecule has 0 fully saturated rings. The molecular formula is C58H53N3O. The number of aromatic hydroxyl groups is 1. The monoisotopic (exact) mass is 811 g/mol. The molecule has 2 heterocycles. The van der Waals surface area contributed by atoms with Crippen LogP contribution in [-0.4, -0.2) is 19.6 Å². The molecule has 0 unspecified atom stereocenters. The third kappa shape index (κ3) is 7.85. The number of rotatable bonds is 10. The molecule has 0 amide bonds. The van der Waals surface area contributed by atoms with Crippen molar-refractivity contribution in [1.82, 2.24) is 14.5 Å². The van der Waals surface area contributed by atoms with Gasteiger partial charge in [-0.05, 0) is 140 Å². The van der Waals surface area contributed by atoms with E-state index in [2.05, 4.69) is 88.4 Å². The van der Waals surface area contributed by atoms with Crippen molar-refractivity contribution >= 4 is 11.0 Å². The second-order valence-electron chi connectivity index (χ2n) is 17.1. The summed E-state index contributed by atoms with van der Waals surface area (Å²) in [5.74, 6) is 0.160. The molecule has 0 spiro atoms. The van der Waals surface area contributed by atoms with Crippen LogP contribution in [0.4, 0.5) is 0 Å². The van der Waals surface area contributed by atoms with Gasteiger partial charge in [0.25, 0.3) is 0 Å². The molecule has 0 aliphatic heterocycles. The Labute approximate surface area is 371 Å². The van der Waals surface area contributed by atoms with Gasteiger partial charge in [0, 0.05) is 28.5 Å². The largest absolute Gasteiger partial charge is 0.507 e. The highest BCUT2D eigenvalue weighted by molar-refractivity contribution is 5.98. The minimum atomic E-state index is -2.40. The van der Waals surface area contributed by atoms with Crippen molar-refractivity contribution in [3.05, 3.63) is 192 Å². The van der Waals surface area contributed by atoms with Crippen molar-refractivity contribution in [1.29, 1.82) is 0 Å². The van der Waals surface area contributed by atoms with E-state index >= 15 is 0 Å². The minimum Gasteiger partial charge on any atom is -0.507 e. The van der Waals surface area contributed by atoms with Crippen LogP contribution in [-0.2, 0) is 0 Å². The van der Waals surface area contributed by atoms with Gasteiger partial charge >= 0.3 is 0 Å². The van der Waals surface area contributed by atoms with E-state index in [-0.39, 0.29) is 23.1 Å². The third-order valence-corrected chi connectivity index (χ3v) is 11.9. The van der Waals surface area contributed by atoms with Gasteiger partial charge in [0.1, 0.15) is 11.6 Å². The number of nitrogens with zero attached hydrogens (tertiary/aromatic N) is 3. The molecule has 0 aliphatic rings. The van der Waals surface area contributed by atoms with Crippen LogP contribution in [0.5, 0.6) is 5.75 Å². The molecule has 1 N–H and O–H groups in total. The third-order valence-electron chi connectivity index (χ3n) is 11.9. The van der Waals surface area contributed by atoms with Crippen LogP contribution in [0.1, 0.15) is 87.0 Å². The summed E-state index contributed by atoms with van der Waals surface area (Å²) in [4.78, 5) is 10.4. The van der Waals surface area contributed by atoms with Gasteiger partial charge in [-0.1, -0.05) is 151 Å². The lowest BCUT2D eigenvalue weighted by molar-refractivity contribution is 0.466. The molecule has 306 valence electrons. The van der Waals surface area contributed by atoms with E-state index in [4.69, 9.17) is 15.5 Å². The number of aryl methyl sites for hydroxylation is 1. The Kier molecular flexibility index (Phi) is 9.66. The van der Waals surface area contributed by atoms with Crippen LogP contribution in [0, 0.1) is 6.85 Å². The molecule has 7 aromatic carbocycles. The van der Waals surface area contributed by atoms with E-state index in [9.17, 15) is 5.11 Å². The first-order valence-electron chi connectivity index (χ1n) is 23.4. The van der Waals surface area contributed by atoms with Gasteiger partial charge in [-0.25, -0.2) is 4.98 Å². The van der Waals surface area contributed by atoms with Gasteiger partial charge in [-0.2, -0.15) is 0 Å². The molecule has 9 rings (SSSR count). The van der Waals surface area contributed by atoms with Crippen LogP contribution in [0.15, 0.2) is 170 Å². The fraction of sp³-hybridized carbons (Fsp3) is 0.172. The number of aromatic nitrogens is 3. The van der Waals surface area contributed by atoms with Crippen molar-refractivity contribution in [3.8, 4) is 78.6 Å². The first-order chi connectivity index (χ1) is 31.5. The molecule has 62 heavy (non-hydrogen) atoms. The second-order valence-corrected chi connectivity index (χ2v) is 17.1. The number of hydrogen-bond acceptors (Lipinski definition) is 3. The Balaban J connectivity index is 1.31. The molecule has 0 aliphatic carbocycles. The summed E-state index contributed by atoms with van der Waals surface area (Å²) >= 11 is 0. The number of phenolic OH excluding ortho intramolecular Hbond substituents is 1. The van der Waals surface area contributed by atoms with Crippen molar-refractivity contribution in [3.63, 3.8) is 0 Å². The molecule has 0 radical (unpaired) electrons. The fourth-order valence-electron chi connectivity index (χ4n) is 8.43. The normalized spacial score (nSPS) is 13.0. The fourth-order valence-corrected chi connectivity index (χ4v) is 8.43. The maximum Gasteiger partial charge on any atom is 0.149 e. The summed E-state index contributed by atoms with van der Waals surface area (Å²) in [5, 5.41) is 12.2. The maximum absolute atomic E-state index is 12.2. The standard InChI is InChI=1S/C58H53N3O/c1-36(2)40-21-23-43(24-22-40)44-25-26-59-54(35-44)49-30-47(42-17-12-9-13-18-42)29-48(31-49)51-19-14-20-55-56(51)60-58(53-34-45(37(3)4)33-52(38(5)6)57(53)62)61(55)50-28-39(7)27-46(32-50)41-15-10-8-11-16-41/h8-38,62H,1-7H3/i7D3,36D. The number of para-hydroxylation sites is 1. The molecule has 0 saturated carbocycles. The lowest BCUT2D eigenvalue weighted by Gasteiger charge is -2.18. The zero-order chi connectivity index (χ0) is 46.5. The summed E-state index contributed by atoms with van der Waals surface area (Å²) in [7, 11) is 0. The number of pyridine rings is 1. The highest BCUT2D eigenvalue weighted by Crippen LogP contribution is 2.43. The van der Waals surface area contributed by atoms with Crippen molar-refractivity contribution in [2.24, 2.45) is 0 Å². The lowest BCUT2D eigenvalue weighted by Crippen LogP contribution is -2.02. The highest BCUT2D eigenvalue weighted by Gasteiger charge is 2.24. The predicted octanol–water partition coefficient (Wildman–Crippen LogP) is 15.8. The van der Waals surface area contributed by atoms with Gasteiger partial charge in [-0.15, -0.1) is 0 Å². The summed E-state index contributed by atoms with van der Waals surface area (Å²) in [6, 6.07) is 54.7. The minimum absolute atomic E-state index is 0.0282. The van der Waals surface area contributed by atoms with E-state index in [1.54, 1.807) is 12.1 Å². The summed E-state index contributed by atoms with van der Waals surface area (Å²) in [6.07, 6.45) is 1.84. The van der Waals surface area contributed by atoms with Crippen molar-refractivity contribution in [2.45, 2.75) is 66.1 Å². The average molecular weight is 812 g/mol. The van der Waals surface area contributed by atoms with Gasteiger partial charge in [-0.3, -0.25) is 9.55 Å². The Hall–Kier alpha value is -7.04. The molecule has 4 nitrogen and oxygen atoms in total. The molecular weight excluding hydrogens is 755 g/mol. The number of phenols is 1. The Morgan fingerprint density at radius 3 is 1.85 bits per heavy atom. The molecule has 9 aromatic rings. The summed E-state index contributed by atoms with van der Waals surface area (Å²) in [6.45, 7) is 9.84. The smallest absolute Gasteiger partial charge is 0.149 e. The van der Waals surface area contributed by atoms with Crippen molar-refractivity contribution in [2.75, 3.05) is 0 Å². The van der Waals surface area contributed by atoms with Gasteiger partial charge in [0.15, 0.2) is 0 Å². The Morgan fingerprint density at radius 2 is 1.19 bits per heavy atom. The molecule has 0 atom stereocenters. The topological polar surface area (TPSA) is 50.9 Å². The summed E-state index contributed by atoms with van der Waals surface area (Å²) < 4.78 is 36.3. The number of benzene rings is 7. The molecule has 4 heteroatoms. The van der Waals surface area contributed by atoms with Crippen molar-refractivity contribution < 1.29 is 10.6 Å². The van der Waals surface area contributed by atoms with Crippen LogP contribution in [0.3, 0.4) is 0 Å². The Bertz CT molecular complexity index is 3220. The van der Waals surface area contributed by atoms with Gasteiger partial charge in [0.05, 0.1) is 22.3 Å². The van der Waals surface area contributed by atoms with E-state index in [0.717, 1.165) is 78.0 Å². The van der Waals surface area contributed by atoms with E-state index < -0.39 is 12.7 Å². The van der Waals surface area contributed by atoms with E-state index in [1.807, 2.05) is 116 Å². The summed E-state index contributed by atoms with van der Waals surface area (Å²) in [5.41, 5.74) is 15.0. The van der Waals surface area contributed by atoms with Crippen LogP contribution < -0.4 is 0 Å². The molecule has 0 bridgehead atoms. The Morgan fingerprint density at radius 1 is 0.532 bits per heavy atom. The quantitative estimate of drug-likeness (QED) is 0.150. The van der Waals surface area contributed by atoms with Crippen LogP contribution >= 0.6 is 0 Å². The SMILES string of the molecule is [2H]C([2H])([2H])c1cc(-c2ccccc2)cc(-n2c(-c3cc(C(C)C)cc(C(C)C)c3O)nc3c(-c4cc(-c5ccccc5)cc(-c5cc(-c6ccc(C([2H])(C)C)cc6)ccn5)c4)cccc32)c1. The average Bonchev–Trinajstić information content (AvgIpc) is 3.71. The zero-order valence-electron chi connectivity index (χ0n) is 40.1. The lowest BCUT2D eigenvalue weighted by atomic mass is 9.91. The zero-order valence-corrected chi connectivity index (χ0v) is 36.1. The van der Waals surface area contributed by atoms with Gasteiger partial charge in [0.2, 0.25) is 0 Å². The van der Waals surface area contributed by atoms with E-state index in [1.165, 1.54) is 0 Å². The van der Waals surface area contributed by atoms with Crippen LogP contribution in [0.2, 0.25) is 0 Å². The maximum atomic E-state index is 12.2. The number of imidazole rings is 1. The highest BCUT2D eigenvalue weighted by atomic mass is 16.3. The van der Waals surface area contributed by atoms with Crippen LogP contribution in [0.25, 0.3) is 83.9 Å². The molecule has 0 saturated heterocycles. The predicted molar refractivity (Wildman–Crippen MR) is 260 cm³/mol. The molecule has 2 aromatic heterocycles. The first-order valence-corrected chi connectivity index (χ1v) is 21.4. The van der Waals surface area contributed by atoms with Gasteiger partial charge < -0.3 is 5.11 Å². The first kappa shape index (κ1) is 35.7. The number of hydrogen-bond donors (Lipinski definition) is 1. The van der Waals surface area contributed by atoms with E-state index in [0.29, 0.717) is 22.6 Å². The second kappa shape index (κ2) is 16.8.